The van der Waals surface area contributed by atoms with Gasteiger partial charge in [-0.3, -0.25) is 19.9 Å². The van der Waals surface area contributed by atoms with E-state index in [4.69, 9.17) is 0 Å². The second-order valence-electron chi connectivity index (χ2n) is 6.44. The summed E-state index contributed by atoms with van der Waals surface area (Å²) in [6, 6.07) is 1.65. The van der Waals surface area contributed by atoms with Crippen LogP contribution in [0.1, 0.15) is 27.3 Å². The smallest absolute Gasteiger partial charge is 0.267 e. The van der Waals surface area contributed by atoms with E-state index >= 15 is 0 Å². The summed E-state index contributed by atoms with van der Waals surface area (Å²) < 4.78 is 27.2. The van der Waals surface area contributed by atoms with Gasteiger partial charge in [-0.1, -0.05) is 0 Å². The first-order valence-corrected chi connectivity index (χ1v) is 9.60. The van der Waals surface area contributed by atoms with Crippen LogP contribution in [0.3, 0.4) is 0 Å². The van der Waals surface area contributed by atoms with E-state index in [-0.39, 0.29) is 5.56 Å². The molecule has 7 nitrogen and oxygen atoms in total. The lowest BCUT2D eigenvalue weighted by Gasteiger charge is -2.09. The Hall–Kier alpha value is -3.27. The van der Waals surface area contributed by atoms with E-state index < -0.39 is 18.8 Å². The van der Waals surface area contributed by atoms with Crippen molar-refractivity contribution in [3.05, 3.63) is 58.7 Å². The third-order valence-electron chi connectivity index (χ3n) is 4.32. The number of pyridine rings is 1. The molecule has 0 aliphatic rings. The summed E-state index contributed by atoms with van der Waals surface area (Å²) in [6.45, 7) is 3.59. The Kier molecular flexibility index (Phi) is 5.01. The van der Waals surface area contributed by atoms with Crippen LogP contribution in [0.25, 0.3) is 21.7 Å². The van der Waals surface area contributed by atoms with Crippen LogP contribution in [0.15, 0.2) is 36.2 Å². The van der Waals surface area contributed by atoms with Crippen LogP contribution < -0.4 is 5.43 Å². The Morgan fingerprint density at radius 3 is 2.79 bits per heavy atom. The monoisotopic (exact) mass is 414 g/mol. The summed E-state index contributed by atoms with van der Waals surface area (Å²) in [4.78, 5) is 29.7. The molecule has 4 heterocycles. The Bertz CT molecular complexity index is 1200. The van der Waals surface area contributed by atoms with E-state index in [1.807, 2.05) is 12.3 Å². The number of rotatable bonds is 5. The molecule has 0 saturated heterocycles. The third-order valence-corrected chi connectivity index (χ3v) is 5.28. The maximum Gasteiger partial charge on any atom is 0.273 e. The summed E-state index contributed by atoms with van der Waals surface area (Å²) in [5.74, 6) is 0.00976. The molecule has 29 heavy (non-hydrogen) atoms. The number of carbonyl (C=O) groups excluding carboxylic acids is 1. The van der Waals surface area contributed by atoms with Gasteiger partial charge in [0, 0.05) is 47.7 Å². The average molecular weight is 414 g/mol. The molecule has 0 aliphatic heterocycles. The van der Waals surface area contributed by atoms with Gasteiger partial charge in [0.2, 0.25) is 6.43 Å². The van der Waals surface area contributed by atoms with Crippen LogP contribution in [-0.4, -0.2) is 36.9 Å². The predicted molar refractivity (Wildman–Crippen MR) is 106 cm³/mol. The highest BCUT2D eigenvalue weighted by atomic mass is 32.1. The molecule has 0 saturated carbocycles. The molecule has 10 heteroatoms. The average Bonchev–Trinajstić information content (AvgIpc) is 3.26. The minimum Gasteiger partial charge on any atom is -0.267 e. The molecule has 1 amide bonds. The minimum atomic E-state index is -2.50. The Balaban J connectivity index is 1.63. The normalized spacial score (nSPS) is 11.3. The van der Waals surface area contributed by atoms with Gasteiger partial charge in [0.1, 0.15) is 0 Å². The Labute approximate surface area is 168 Å². The molecule has 0 radical (unpaired) electrons. The molecular weight excluding hydrogens is 398 g/mol. The predicted octanol–water partition coefficient (Wildman–Crippen LogP) is 3.76. The molecule has 0 aromatic carbocycles. The van der Waals surface area contributed by atoms with Crippen LogP contribution in [0.5, 0.6) is 0 Å². The number of halogens is 2. The first kappa shape index (κ1) is 19.1. The van der Waals surface area contributed by atoms with Crippen molar-refractivity contribution in [1.29, 1.82) is 0 Å². The molecule has 4 aromatic heterocycles. The summed E-state index contributed by atoms with van der Waals surface area (Å²) in [7, 11) is 0. The maximum absolute atomic E-state index is 12.9. The highest BCUT2D eigenvalue weighted by molar-refractivity contribution is 7.13. The largest absolute Gasteiger partial charge is 0.273 e. The van der Waals surface area contributed by atoms with Gasteiger partial charge in [0.05, 0.1) is 16.8 Å². The van der Waals surface area contributed by atoms with Gasteiger partial charge < -0.3 is 0 Å². The molecule has 0 bridgehead atoms. The van der Waals surface area contributed by atoms with Gasteiger partial charge in [-0.25, -0.2) is 23.7 Å². The van der Waals surface area contributed by atoms with Crippen LogP contribution in [0, 0.1) is 13.8 Å². The molecule has 4 aromatic rings. The lowest BCUT2D eigenvalue weighted by atomic mass is 10.2. The van der Waals surface area contributed by atoms with E-state index in [1.165, 1.54) is 40.8 Å². The molecule has 148 valence electrons. The van der Waals surface area contributed by atoms with Gasteiger partial charge in [-0.2, -0.15) is 0 Å². The first-order chi connectivity index (χ1) is 13.9. The van der Waals surface area contributed by atoms with E-state index in [0.717, 1.165) is 5.69 Å². The zero-order valence-corrected chi connectivity index (χ0v) is 16.4. The lowest BCUT2D eigenvalue weighted by molar-refractivity contribution is 0.101. The second-order valence-corrected chi connectivity index (χ2v) is 7.30. The number of nitrogens with zero attached hydrogens (tertiary/aromatic N) is 5. The van der Waals surface area contributed by atoms with Crippen LogP contribution in [0.2, 0.25) is 0 Å². The van der Waals surface area contributed by atoms with Crippen LogP contribution >= 0.6 is 11.3 Å². The number of amides is 1. The fraction of sp³-hybridized carbons (Fsp3) is 0.211. The summed E-state index contributed by atoms with van der Waals surface area (Å²) in [5, 5.41) is 3.14. The number of thiazole rings is 1. The zero-order valence-electron chi connectivity index (χ0n) is 15.6. The molecular formula is C19H16F2N6OS. The summed E-state index contributed by atoms with van der Waals surface area (Å²) in [6.07, 6.45) is 3.05. The molecule has 0 spiro atoms. The topological polar surface area (TPSA) is 85.6 Å². The highest BCUT2D eigenvalue weighted by Gasteiger charge is 2.17. The van der Waals surface area contributed by atoms with Crippen molar-refractivity contribution in [2.75, 3.05) is 5.43 Å². The SMILES string of the molecule is Cc1csc(-c2ncc(C(=O)Nn3cc(CC(F)F)c4cnccc43)c(C)n2)n1. The van der Waals surface area contributed by atoms with Crippen molar-refractivity contribution in [3.8, 4) is 10.8 Å². The lowest BCUT2D eigenvalue weighted by Crippen LogP contribution is -2.23. The van der Waals surface area contributed by atoms with E-state index in [2.05, 4.69) is 25.4 Å². The fourth-order valence-electron chi connectivity index (χ4n) is 2.98. The summed E-state index contributed by atoms with van der Waals surface area (Å²) >= 11 is 1.43. The minimum absolute atomic E-state index is 0.286. The number of alkyl halides is 2. The zero-order chi connectivity index (χ0) is 20.5. The van der Waals surface area contributed by atoms with E-state index in [0.29, 0.717) is 33.0 Å². The standard InChI is InChI=1S/C19H16F2N6OS/c1-10-9-29-19(24-10)17-23-7-13(11(2)25-17)18(28)26-27-8-12(5-16(20)21)14-6-22-4-3-15(14)27/h3-4,6-9,16H,5H2,1-2H3,(H,26,28). The van der Waals surface area contributed by atoms with Crippen molar-refractivity contribution >= 4 is 28.1 Å². The maximum atomic E-state index is 12.9. The number of aromatic nitrogens is 5. The quantitative estimate of drug-likeness (QED) is 0.537. The van der Waals surface area contributed by atoms with Crippen LogP contribution in [-0.2, 0) is 6.42 Å². The van der Waals surface area contributed by atoms with Gasteiger partial charge in [0.15, 0.2) is 10.8 Å². The molecule has 0 atom stereocenters. The Morgan fingerprint density at radius 2 is 2.10 bits per heavy atom. The first-order valence-electron chi connectivity index (χ1n) is 8.72. The van der Waals surface area contributed by atoms with Gasteiger partial charge in [-0.15, -0.1) is 11.3 Å². The van der Waals surface area contributed by atoms with E-state index in [1.54, 1.807) is 13.0 Å². The van der Waals surface area contributed by atoms with Gasteiger partial charge >= 0.3 is 0 Å². The van der Waals surface area contributed by atoms with Gasteiger partial charge in [-0.05, 0) is 25.5 Å². The highest BCUT2D eigenvalue weighted by Crippen LogP contribution is 2.23. The third kappa shape index (κ3) is 3.83. The number of nitrogens with one attached hydrogen (secondary N) is 1. The van der Waals surface area contributed by atoms with Crippen molar-refractivity contribution in [2.45, 2.75) is 26.7 Å². The van der Waals surface area contributed by atoms with Crippen molar-refractivity contribution in [3.63, 3.8) is 0 Å². The number of carbonyl (C=O) groups is 1. The molecule has 0 fully saturated rings. The summed E-state index contributed by atoms with van der Waals surface area (Å²) in [5.41, 5.74) is 5.35. The number of hydrogen-bond acceptors (Lipinski definition) is 6. The van der Waals surface area contributed by atoms with Crippen molar-refractivity contribution in [2.24, 2.45) is 0 Å². The molecule has 0 aliphatic carbocycles. The van der Waals surface area contributed by atoms with Crippen molar-refractivity contribution < 1.29 is 13.6 Å². The fourth-order valence-corrected chi connectivity index (χ4v) is 3.72. The second kappa shape index (κ2) is 7.63. The Morgan fingerprint density at radius 1 is 1.28 bits per heavy atom. The van der Waals surface area contributed by atoms with E-state index in [9.17, 15) is 13.6 Å². The number of fused-ring (bicyclic) bond motifs is 1. The number of hydrogen-bond donors (Lipinski definition) is 1. The molecule has 1 N–H and O–H groups in total. The van der Waals surface area contributed by atoms with Crippen LogP contribution in [0.4, 0.5) is 8.78 Å². The number of aryl methyl sites for hydroxylation is 2. The molecule has 4 rings (SSSR count). The molecule has 0 unspecified atom stereocenters. The van der Waals surface area contributed by atoms with Gasteiger partial charge in [0.25, 0.3) is 5.91 Å². The van der Waals surface area contributed by atoms with Crippen molar-refractivity contribution in [1.82, 2.24) is 24.6 Å².